The lowest BCUT2D eigenvalue weighted by Crippen LogP contribution is -2.12. The summed E-state index contributed by atoms with van der Waals surface area (Å²) in [7, 11) is 0. The van der Waals surface area contributed by atoms with Crippen LogP contribution in [0.5, 0.6) is 0 Å². The van der Waals surface area contributed by atoms with E-state index < -0.39 is 11.7 Å². The van der Waals surface area contributed by atoms with Gasteiger partial charge in [0.2, 0.25) is 0 Å². The number of carbonyl (C=O) groups excluding carboxylic acids is 1. The maximum Gasteiger partial charge on any atom is 0.323 e. The monoisotopic (exact) mass is 285 g/mol. The van der Waals surface area contributed by atoms with Crippen molar-refractivity contribution in [1.82, 2.24) is 9.97 Å². The molecule has 0 spiro atoms. The van der Waals surface area contributed by atoms with Gasteiger partial charge in [0.25, 0.3) is 5.91 Å². The van der Waals surface area contributed by atoms with E-state index in [2.05, 4.69) is 15.3 Å². The van der Waals surface area contributed by atoms with Crippen molar-refractivity contribution in [2.45, 2.75) is 6.92 Å². The zero-order chi connectivity index (χ0) is 15.0. The fraction of sp³-hybridized carbons (Fsp3) is 0.0667. The molecule has 0 unspecified atom stereocenters. The van der Waals surface area contributed by atoms with Gasteiger partial charge in [-0.05, 0) is 42.8 Å². The Morgan fingerprint density at radius 1 is 1.14 bits per heavy atom. The summed E-state index contributed by atoms with van der Waals surface area (Å²) in [6, 6.07) is 8.88. The van der Waals surface area contributed by atoms with Crippen LogP contribution in [0.2, 0.25) is 0 Å². The number of anilines is 1. The molecule has 0 aliphatic rings. The summed E-state index contributed by atoms with van der Waals surface area (Å²) in [6.07, 6.45) is 0. The number of aryl methyl sites for hydroxylation is 1. The Bertz CT molecular complexity index is 895. The molecule has 0 aliphatic heterocycles. The Balaban J connectivity index is 1.95. The summed E-state index contributed by atoms with van der Waals surface area (Å²) in [5.41, 5.74) is 2.55. The minimum absolute atomic E-state index is 0.233. The van der Waals surface area contributed by atoms with Gasteiger partial charge in [-0.2, -0.15) is 0 Å². The molecule has 0 radical (unpaired) electrons. The van der Waals surface area contributed by atoms with Crippen LogP contribution in [-0.4, -0.2) is 15.9 Å². The first kappa shape index (κ1) is 13.1. The number of H-pyrrole nitrogens is 2. The minimum atomic E-state index is -0.468. The van der Waals surface area contributed by atoms with Crippen LogP contribution in [0, 0.1) is 12.7 Å². The van der Waals surface area contributed by atoms with Crippen molar-refractivity contribution in [1.29, 1.82) is 0 Å². The zero-order valence-corrected chi connectivity index (χ0v) is 11.2. The molecule has 0 atom stereocenters. The molecule has 3 N–H and O–H groups in total. The number of rotatable bonds is 2. The third kappa shape index (κ3) is 2.55. The molecular weight excluding hydrogens is 273 g/mol. The van der Waals surface area contributed by atoms with Gasteiger partial charge < -0.3 is 15.3 Å². The van der Waals surface area contributed by atoms with Crippen molar-refractivity contribution in [2.24, 2.45) is 0 Å². The van der Waals surface area contributed by atoms with E-state index >= 15 is 0 Å². The number of aromatic nitrogens is 2. The highest BCUT2D eigenvalue weighted by Crippen LogP contribution is 2.21. The van der Waals surface area contributed by atoms with E-state index in [1.54, 1.807) is 12.1 Å². The van der Waals surface area contributed by atoms with E-state index in [0.29, 0.717) is 16.7 Å². The van der Waals surface area contributed by atoms with E-state index in [1.165, 1.54) is 24.3 Å². The van der Waals surface area contributed by atoms with Crippen LogP contribution in [-0.2, 0) is 0 Å². The number of aromatic amines is 2. The molecule has 21 heavy (non-hydrogen) atoms. The van der Waals surface area contributed by atoms with Crippen LogP contribution < -0.4 is 11.0 Å². The number of benzene rings is 2. The maximum atomic E-state index is 13.1. The van der Waals surface area contributed by atoms with Crippen molar-refractivity contribution in [3.8, 4) is 0 Å². The number of fused-ring (bicyclic) bond motifs is 1. The molecule has 0 fully saturated rings. The third-order valence-electron chi connectivity index (χ3n) is 3.20. The Kier molecular flexibility index (Phi) is 3.06. The van der Waals surface area contributed by atoms with Crippen molar-refractivity contribution in [2.75, 3.05) is 5.32 Å². The van der Waals surface area contributed by atoms with Gasteiger partial charge in [-0.3, -0.25) is 4.79 Å². The largest absolute Gasteiger partial charge is 0.323 e. The molecule has 3 rings (SSSR count). The lowest BCUT2D eigenvalue weighted by Gasteiger charge is -2.08. The van der Waals surface area contributed by atoms with Crippen LogP contribution in [0.4, 0.5) is 10.1 Å². The second kappa shape index (κ2) is 4.90. The van der Waals surface area contributed by atoms with Gasteiger partial charge in [-0.25, -0.2) is 9.18 Å². The van der Waals surface area contributed by atoms with E-state index in [9.17, 15) is 14.0 Å². The summed E-state index contributed by atoms with van der Waals surface area (Å²) in [5, 5.41) is 2.71. The summed E-state index contributed by atoms with van der Waals surface area (Å²) < 4.78 is 13.1. The number of hydrogen-bond donors (Lipinski definition) is 3. The Morgan fingerprint density at radius 3 is 2.57 bits per heavy atom. The van der Waals surface area contributed by atoms with Crippen LogP contribution in [0.1, 0.15) is 15.9 Å². The third-order valence-corrected chi connectivity index (χ3v) is 3.20. The number of amides is 1. The Morgan fingerprint density at radius 2 is 1.86 bits per heavy atom. The van der Waals surface area contributed by atoms with Gasteiger partial charge in [0, 0.05) is 11.3 Å². The van der Waals surface area contributed by atoms with Gasteiger partial charge in [-0.1, -0.05) is 6.07 Å². The highest BCUT2D eigenvalue weighted by Gasteiger charge is 2.10. The summed E-state index contributed by atoms with van der Waals surface area (Å²) in [4.78, 5) is 28.6. The van der Waals surface area contributed by atoms with Crippen molar-refractivity contribution in [3.63, 3.8) is 0 Å². The molecule has 2 aromatic carbocycles. The molecule has 0 saturated heterocycles. The summed E-state index contributed by atoms with van der Waals surface area (Å²) in [5.74, 6) is -0.875. The molecule has 106 valence electrons. The Hall–Kier alpha value is -2.89. The first-order valence-corrected chi connectivity index (χ1v) is 6.32. The number of halogens is 1. The molecule has 6 heteroatoms. The number of nitrogens with one attached hydrogen (secondary N) is 3. The van der Waals surface area contributed by atoms with Crippen molar-refractivity contribution >= 4 is 22.6 Å². The molecule has 0 aliphatic carbocycles. The number of hydrogen-bond acceptors (Lipinski definition) is 2. The lowest BCUT2D eigenvalue weighted by molar-refractivity contribution is 0.102. The standard InChI is InChI=1S/C15H12FN3O2/c1-8-5-12-13(19-15(21)18-12)7-11(8)17-14(20)9-3-2-4-10(16)6-9/h2-7H,1H3,(H,17,20)(H2,18,19,21). The van der Waals surface area contributed by atoms with E-state index in [0.717, 1.165) is 5.56 Å². The van der Waals surface area contributed by atoms with E-state index in [4.69, 9.17) is 0 Å². The summed E-state index contributed by atoms with van der Waals surface area (Å²) in [6.45, 7) is 1.81. The van der Waals surface area contributed by atoms with E-state index in [1.807, 2.05) is 6.92 Å². The first-order chi connectivity index (χ1) is 10.0. The summed E-state index contributed by atoms with van der Waals surface area (Å²) >= 11 is 0. The van der Waals surface area contributed by atoms with Crippen LogP contribution >= 0.6 is 0 Å². The van der Waals surface area contributed by atoms with E-state index in [-0.39, 0.29) is 11.3 Å². The molecule has 1 heterocycles. The minimum Gasteiger partial charge on any atom is -0.322 e. The zero-order valence-electron chi connectivity index (χ0n) is 11.2. The average Bonchev–Trinajstić information content (AvgIpc) is 2.78. The predicted octanol–water partition coefficient (Wildman–Crippen LogP) is 2.56. The number of carbonyl (C=O) groups is 1. The van der Waals surface area contributed by atoms with Gasteiger partial charge >= 0.3 is 5.69 Å². The van der Waals surface area contributed by atoms with Crippen LogP contribution in [0.3, 0.4) is 0 Å². The molecule has 0 saturated carbocycles. The highest BCUT2D eigenvalue weighted by atomic mass is 19.1. The lowest BCUT2D eigenvalue weighted by atomic mass is 10.1. The fourth-order valence-corrected chi connectivity index (χ4v) is 2.15. The molecule has 1 aromatic heterocycles. The highest BCUT2D eigenvalue weighted by molar-refractivity contribution is 6.05. The molecular formula is C15H12FN3O2. The number of imidazole rings is 1. The van der Waals surface area contributed by atoms with Crippen LogP contribution in [0.25, 0.3) is 11.0 Å². The first-order valence-electron chi connectivity index (χ1n) is 6.32. The van der Waals surface area contributed by atoms with Crippen molar-refractivity contribution < 1.29 is 9.18 Å². The molecule has 0 bridgehead atoms. The van der Waals surface area contributed by atoms with Crippen LogP contribution in [0.15, 0.2) is 41.2 Å². The van der Waals surface area contributed by atoms with Gasteiger partial charge in [0.05, 0.1) is 11.0 Å². The molecule has 5 nitrogen and oxygen atoms in total. The normalized spacial score (nSPS) is 10.8. The van der Waals surface area contributed by atoms with Crippen molar-refractivity contribution in [3.05, 3.63) is 63.8 Å². The predicted molar refractivity (Wildman–Crippen MR) is 78.0 cm³/mol. The SMILES string of the molecule is Cc1cc2[nH]c(=O)[nH]c2cc1NC(=O)c1cccc(F)c1. The Labute approximate surface area is 118 Å². The topological polar surface area (TPSA) is 77.8 Å². The average molecular weight is 285 g/mol. The maximum absolute atomic E-state index is 13.1. The fourth-order valence-electron chi connectivity index (χ4n) is 2.15. The smallest absolute Gasteiger partial charge is 0.322 e. The molecule has 1 amide bonds. The second-order valence-corrected chi connectivity index (χ2v) is 4.76. The van der Waals surface area contributed by atoms with Gasteiger partial charge in [0.1, 0.15) is 5.82 Å². The van der Waals surface area contributed by atoms with Gasteiger partial charge in [-0.15, -0.1) is 0 Å². The second-order valence-electron chi connectivity index (χ2n) is 4.76. The van der Waals surface area contributed by atoms with Gasteiger partial charge in [0.15, 0.2) is 0 Å². The quantitative estimate of drug-likeness (QED) is 0.676. The molecule has 3 aromatic rings.